The van der Waals surface area contributed by atoms with Crippen LogP contribution in [0.3, 0.4) is 0 Å². The van der Waals surface area contributed by atoms with Crippen LogP contribution >= 0.6 is 23.4 Å². The van der Waals surface area contributed by atoms with Crippen LogP contribution in [-0.4, -0.2) is 34.0 Å². The van der Waals surface area contributed by atoms with E-state index in [1.807, 2.05) is 83.1 Å². The smallest absolute Gasteiger partial charge is 0.243 e. The van der Waals surface area contributed by atoms with Crippen molar-refractivity contribution >= 4 is 35.2 Å². The average Bonchev–Trinajstić information content (AvgIpc) is 2.69. The fraction of sp³-hybridized carbons (Fsp3) is 0.440. The van der Waals surface area contributed by atoms with Gasteiger partial charge in [0, 0.05) is 22.9 Å². The van der Waals surface area contributed by atoms with Crippen LogP contribution in [0.15, 0.2) is 48.5 Å². The molecule has 0 fully saturated rings. The molecule has 0 saturated heterocycles. The number of benzene rings is 2. The van der Waals surface area contributed by atoms with E-state index < -0.39 is 6.04 Å². The van der Waals surface area contributed by atoms with Crippen LogP contribution in [0.5, 0.6) is 0 Å². The predicted molar refractivity (Wildman–Crippen MR) is 131 cm³/mol. The summed E-state index contributed by atoms with van der Waals surface area (Å²) in [5.74, 6) is 0.769. The summed E-state index contributed by atoms with van der Waals surface area (Å²) < 4.78 is 0. The Labute approximate surface area is 195 Å². The lowest BCUT2D eigenvalue weighted by Gasteiger charge is -2.33. The maximum absolute atomic E-state index is 13.3. The molecule has 0 aliphatic heterocycles. The van der Waals surface area contributed by atoms with Crippen molar-refractivity contribution in [2.45, 2.75) is 64.9 Å². The first kappa shape index (κ1) is 25.3. The summed E-state index contributed by atoms with van der Waals surface area (Å²) in [6.07, 6.45) is 0.550. The van der Waals surface area contributed by atoms with E-state index in [0.29, 0.717) is 23.7 Å². The molecular formula is C25H33ClN2O2S. The van der Waals surface area contributed by atoms with E-state index in [1.165, 1.54) is 11.8 Å². The lowest BCUT2D eigenvalue weighted by atomic mass is 10.1. The summed E-state index contributed by atoms with van der Waals surface area (Å²) in [5, 5.41) is 3.74. The summed E-state index contributed by atoms with van der Waals surface area (Å²) in [4.78, 5) is 28.0. The molecule has 2 aromatic carbocycles. The lowest BCUT2D eigenvalue weighted by molar-refractivity contribution is -0.140. The molecule has 0 aromatic heterocycles. The Balaban J connectivity index is 2.16. The van der Waals surface area contributed by atoms with Crippen molar-refractivity contribution in [1.29, 1.82) is 0 Å². The number of rotatable bonds is 9. The summed E-state index contributed by atoms with van der Waals surface area (Å²) in [6.45, 7) is 10.2. The summed E-state index contributed by atoms with van der Waals surface area (Å²) in [7, 11) is 0. The third-order valence-corrected chi connectivity index (χ3v) is 6.13. The van der Waals surface area contributed by atoms with Gasteiger partial charge in [0.25, 0.3) is 0 Å². The van der Waals surface area contributed by atoms with Gasteiger partial charge in [-0.25, -0.2) is 0 Å². The van der Waals surface area contributed by atoms with Crippen LogP contribution in [0, 0.1) is 6.92 Å². The molecule has 1 N–H and O–H groups in total. The minimum atomic E-state index is -0.519. The highest BCUT2D eigenvalue weighted by molar-refractivity contribution is 7.99. The molecule has 2 rings (SSSR count). The molecule has 0 radical (unpaired) electrons. The van der Waals surface area contributed by atoms with Gasteiger partial charge >= 0.3 is 0 Å². The maximum Gasteiger partial charge on any atom is 0.243 e. The quantitative estimate of drug-likeness (QED) is 0.529. The number of carbonyl (C=O) groups is 2. The highest BCUT2D eigenvalue weighted by Crippen LogP contribution is 2.22. The molecule has 0 spiro atoms. The number of nitrogens with zero attached hydrogens (tertiary/aromatic N) is 1. The molecule has 2 amide bonds. The van der Waals surface area contributed by atoms with Gasteiger partial charge in [0.05, 0.1) is 5.75 Å². The Morgan fingerprint density at radius 3 is 2.32 bits per heavy atom. The van der Waals surface area contributed by atoms with E-state index in [1.54, 1.807) is 4.90 Å². The lowest BCUT2D eigenvalue weighted by Crippen LogP contribution is -2.53. The number of halogens is 1. The number of hydrogen-bond donors (Lipinski definition) is 1. The second-order valence-electron chi connectivity index (χ2n) is 8.75. The molecule has 6 heteroatoms. The number of nitrogens with one attached hydrogen (secondary N) is 1. The van der Waals surface area contributed by atoms with Crippen LogP contribution in [0.1, 0.15) is 50.8 Å². The third kappa shape index (κ3) is 8.23. The molecule has 0 heterocycles. The first-order valence-electron chi connectivity index (χ1n) is 10.6. The summed E-state index contributed by atoms with van der Waals surface area (Å²) in [5.41, 5.74) is 2.82. The number of amides is 2. The molecule has 2 aromatic rings. The SMILES string of the molecule is CC[C@@H](C(=O)NC(C)(C)C)N(Cc1ccc(C)cc1)C(=O)CSCc1ccccc1Cl. The predicted octanol–water partition coefficient (Wildman–Crippen LogP) is 5.60. The van der Waals surface area contributed by atoms with Gasteiger partial charge in [0.2, 0.25) is 11.8 Å². The molecule has 31 heavy (non-hydrogen) atoms. The Morgan fingerprint density at radius 2 is 1.74 bits per heavy atom. The Morgan fingerprint density at radius 1 is 1.10 bits per heavy atom. The van der Waals surface area contributed by atoms with Gasteiger partial charge in [-0.15, -0.1) is 11.8 Å². The van der Waals surface area contributed by atoms with Crippen LogP contribution in [-0.2, 0) is 21.9 Å². The van der Waals surface area contributed by atoms with E-state index >= 15 is 0 Å². The van der Waals surface area contributed by atoms with E-state index in [0.717, 1.165) is 16.7 Å². The Kier molecular flexibility index (Phi) is 9.45. The van der Waals surface area contributed by atoms with Gasteiger partial charge in [0.1, 0.15) is 6.04 Å². The van der Waals surface area contributed by atoms with Crippen molar-refractivity contribution < 1.29 is 9.59 Å². The minimum Gasteiger partial charge on any atom is -0.350 e. The third-order valence-electron chi connectivity index (χ3n) is 4.80. The van der Waals surface area contributed by atoms with Gasteiger partial charge in [-0.1, -0.05) is 66.6 Å². The first-order valence-corrected chi connectivity index (χ1v) is 12.1. The van der Waals surface area contributed by atoms with Crippen LogP contribution in [0.2, 0.25) is 5.02 Å². The fourth-order valence-electron chi connectivity index (χ4n) is 3.21. The standard InChI is InChI=1S/C25H33ClN2O2S/c1-6-22(24(30)27-25(3,4)5)28(15-19-13-11-18(2)12-14-19)23(29)17-31-16-20-9-7-8-10-21(20)26/h7-14,22H,6,15-17H2,1-5H3,(H,27,30)/t22-/m0/s1. The topological polar surface area (TPSA) is 49.4 Å². The first-order chi connectivity index (χ1) is 14.6. The maximum atomic E-state index is 13.3. The second kappa shape index (κ2) is 11.6. The number of aryl methyl sites for hydroxylation is 1. The number of hydrogen-bond acceptors (Lipinski definition) is 3. The van der Waals surface area contributed by atoms with E-state index in [4.69, 9.17) is 11.6 Å². The Bertz CT molecular complexity index is 878. The van der Waals surface area contributed by atoms with E-state index in [2.05, 4.69) is 5.32 Å². The zero-order valence-electron chi connectivity index (χ0n) is 19.1. The zero-order chi connectivity index (χ0) is 23.0. The number of carbonyl (C=O) groups excluding carboxylic acids is 2. The molecule has 0 unspecified atom stereocenters. The fourth-order valence-corrected chi connectivity index (χ4v) is 4.41. The van der Waals surface area contributed by atoms with Crippen molar-refractivity contribution in [1.82, 2.24) is 10.2 Å². The van der Waals surface area contributed by atoms with Crippen LogP contribution in [0.25, 0.3) is 0 Å². The molecular weight excluding hydrogens is 428 g/mol. The second-order valence-corrected chi connectivity index (χ2v) is 10.1. The van der Waals surface area contributed by atoms with E-state index in [9.17, 15) is 9.59 Å². The average molecular weight is 461 g/mol. The molecule has 168 valence electrons. The molecule has 0 bridgehead atoms. The molecule has 0 saturated carbocycles. The minimum absolute atomic E-state index is 0.0477. The van der Waals surface area contributed by atoms with E-state index in [-0.39, 0.29) is 23.1 Å². The van der Waals surface area contributed by atoms with Gasteiger partial charge < -0.3 is 10.2 Å². The highest BCUT2D eigenvalue weighted by Gasteiger charge is 2.30. The van der Waals surface area contributed by atoms with Gasteiger partial charge in [-0.3, -0.25) is 9.59 Å². The van der Waals surface area contributed by atoms with Crippen LogP contribution in [0.4, 0.5) is 0 Å². The molecule has 4 nitrogen and oxygen atoms in total. The molecule has 0 aliphatic rings. The Hall–Kier alpha value is -1.98. The van der Waals surface area contributed by atoms with Gasteiger partial charge in [-0.05, 0) is 51.3 Å². The normalized spacial score (nSPS) is 12.3. The summed E-state index contributed by atoms with van der Waals surface area (Å²) in [6, 6.07) is 15.2. The molecule has 0 aliphatic carbocycles. The van der Waals surface area contributed by atoms with Crippen molar-refractivity contribution in [3.8, 4) is 0 Å². The van der Waals surface area contributed by atoms with Crippen LogP contribution < -0.4 is 5.32 Å². The van der Waals surface area contributed by atoms with Crippen molar-refractivity contribution in [3.63, 3.8) is 0 Å². The largest absolute Gasteiger partial charge is 0.350 e. The number of thioether (sulfide) groups is 1. The summed E-state index contributed by atoms with van der Waals surface area (Å²) >= 11 is 7.75. The highest BCUT2D eigenvalue weighted by atomic mass is 35.5. The zero-order valence-corrected chi connectivity index (χ0v) is 20.6. The van der Waals surface area contributed by atoms with Gasteiger partial charge in [-0.2, -0.15) is 0 Å². The molecule has 1 atom stereocenters. The monoisotopic (exact) mass is 460 g/mol. The van der Waals surface area contributed by atoms with Crippen molar-refractivity contribution in [2.75, 3.05) is 5.75 Å². The van der Waals surface area contributed by atoms with Crippen molar-refractivity contribution in [3.05, 3.63) is 70.2 Å². The van der Waals surface area contributed by atoms with Crippen molar-refractivity contribution in [2.24, 2.45) is 0 Å². The van der Waals surface area contributed by atoms with Gasteiger partial charge in [0.15, 0.2) is 0 Å².